The maximum Gasteiger partial charge on any atom is 0.376 e. The lowest BCUT2D eigenvalue weighted by Crippen LogP contribution is -2.49. The topological polar surface area (TPSA) is 72.4 Å². The van der Waals surface area contributed by atoms with Crippen LogP contribution in [0.5, 0.6) is 0 Å². The normalized spacial score (nSPS) is 15.6. The minimum atomic E-state index is -4.24. The van der Waals surface area contributed by atoms with Gasteiger partial charge in [0.1, 0.15) is 10.6 Å². The van der Waals surface area contributed by atoms with Crippen LogP contribution in [0.15, 0.2) is 24.3 Å². The van der Waals surface area contributed by atoms with E-state index in [0.29, 0.717) is 0 Å². The number of hydrogen-bond acceptors (Lipinski definition) is 3. The van der Waals surface area contributed by atoms with E-state index in [9.17, 15) is 22.5 Å². The number of carboxylic acids is 1. The molecule has 0 aliphatic rings. The van der Waals surface area contributed by atoms with Gasteiger partial charge in [-0.15, -0.1) is 4.72 Å². The summed E-state index contributed by atoms with van der Waals surface area (Å²) in [6, 6.07) is 2.05. The highest BCUT2D eigenvalue weighted by molar-refractivity contribution is 7.90. The third-order valence-electron chi connectivity index (χ3n) is 2.61. The Balaban J connectivity index is 3.21. The van der Waals surface area contributed by atoms with Gasteiger partial charge in [-0.1, -0.05) is 12.1 Å². The molecule has 0 saturated carbocycles. The van der Waals surface area contributed by atoms with Crippen LogP contribution in [0.1, 0.15) is 32.4 Å². The molecule has 0 bridgehead atoms. The van der Waals surface area contributed by atoms with Gasteiger partial charge < -0.3 is 9.66 Å². The summed E-state index contributed by atoms with van der Waals surface area (Å²) in [6.07, 6.45) is 0. The molecule has 8 heteroatoms. The first-order chi connectivity index (χ1) is 9.46. The summed E-state index contributed by atoms with van der Waals surface area (Å²) >= 11 is -1.95. The number of carbonyl (C=O) groups is 1. The van der Waals surface area contributed by atoms with E-state index in [0.717, 1.165) is 18.2 Å². The van der Waals surface area contributed by atoms with Gasteiger partial charge in [0.05, 0.1) is 0 Å². The van der Waals surface area contributed by atoms with Gasteiger partial charge in [-0.05, 0) is 38.5 Å². The molecule has 21 heavy (non-hydrogen) atoms. The molecule has 0 saturated heterocycles. The number of hydrogen-bond donors (Lipinski definition) is 2. The monoisotopic (exact) mass is 323 g/mol. The van der Waals surface area contributed by atoms with Crippen molar-refractivity contribution in [1.82, 2.24) is 4.72 Å². The van der Waals surface area contributed by atoms with Crippen LogP contribution in [0, 0.1) is 5.82 Å². The van der Waals surface area contributed by atoms with E-state index in [1.807, 2.05) is 0 Å². The third kappa shape index (κ3) is 4.36. The SMILES string of the molecule is CC(C)(C)[S+]([O-])N[C@@H](c1cccc(F)c1)C(F)(F)C(=O)O. The number of benzene rings is 1. The number of alkyl halides is 2. The summed E-state index contributed by atoms with van der Waals surface area (Å²) in [7, 11) is 0. The molecule has 2 atom stereocenters. The van der Waals surface area contributed by atoms with Gasteiger partial charge >= 0.3 is 11.9 Å². The van der Waals surface area contributed by atoms with E-state index in [-0.39, 0.29) is 5.56 Å². The molecule has 0 spiro atoms. The lowest BCUT2D eigenvalue weighted by molar-refractivity contribution is -0.168. The molecule has 0 aliphatic heterocycles. The molecule has 0 fully saturated rings. The van der Waals surface area contributed by atoms with Crippen molar-refractivity contribution in [3.63, 3.8) is 0 Å². The van der Waals surface area contributed by atoms with Gasteiger partial charge in [0.15, 0.2) is 6.04 Å². The fourth-order valence-electron chi connectivity index (χ4n) is 1.44. The third-order valence-corrected chi connectivity index (χ3v) is 4.17. The smallest absolute Gasteiger partial charge is 0.376 e. The minimum absolute atomic E-state index is 0.292. The largest absolute Gasteiger partial charge is 0.598 e. The van der Waals surface area contributed by atoms with Gasteiger partial charge in [-0.3, -0.25) is 0 Å². The van der Waals surface area contributed by atoms with E-state index in [1.165, 1.54) is 26.8 Å². The molecule has 0 radical (unpaired) electrons. The molecule has 1 aromatic carbocycles. The summed E-state index contributed by atoms with van der Waals surface area (Å²) in [5.74, 6) is -7.41. The lowest BCUT2D eigenvalue weighted by atomic mass is 10.0. The van der Waals surface area contributed by atoms with Gasteiger partial charge in [0, 0.05) is 11.4 Å². The fraction of sp³-hybridized carbons (Fsp3) is 0.462. The molecule has 0 aromatic heterocycles. The number of rotatable bonds is 5. The first-order valence-electron chi connectivity index (χ1n) is 6.01. The molecule has 1 rings (SSSR count). The van der Waals surface area contributed by atoms with Crippen molar-refractivity contribution >= 4 is 17.3 Å². The molecule has 1 aromatic rings. The highest BCUT2D eigenvalue weighted by atomic mass is 32.2. The van der Waals surface area contributed by atoms with Gasteiger partial charge in [0.25, 0.3) is 0 Å². The van der Waals surface area contributed by atoms with Crippen LogP contribution in [0.4, 0.5) is 13.2 Å². The molecular formula is C13H16F3NO3S. The Hall–Kier alpha value is -1.25. The van der Waals surface area contributed by atoms with Crippen LogP contribution in [0.25, 0.3) is 0 Å². The molecule has 0 amide bonds. The zero-order valence-corrected chi connectivity index (χ0v) is 12.5. The number of nitrogens with one attached hydrogen (secondary N) is 1. The Labute approximate surface area is 123 Å². The number of carboxylic acid groups (broad SMARTS) is 1. The molecule has 4 nitrogen and oxygen atoms in total. The van der Waals surface area contributed by atoms with Crippen LogP contribution >= 0.6 is 0 Å². The van der Waals surface area contributed by atoms with Crippen LogP contribution in [-0.2, 0) is 16.2 Å². The second-order valence-electron chi connectivity index (χ2n) is 5.42. The fourth-order valence-corrected chi connectivity index (χ4v) is 2.30. The molecule has 1 unspecified atom stereocenters. The van der Waals surface area contributed by atoms with E-state index >= 15 is 0 Å². The Morgan fingerprint density at radius 3 is 2.38 bits per heavy atom. The van der Waals surface area contributed by atoms with E-state index < -0.39 is 39.9 Å². The molecular weight excluding hydrogens is 307 g/mol. The van der Waals surface area contributed by atoms with Crippen molar-refractivity contribution in [2.45, 2.75) is 37.5 Å². The van der Waals surface area contributed by atoms with Crippen LogP contribution in [0.3, 0.4) is 0 Å². The Morgan fingerprint density at radius 2 is 1.95 bits per heavy atom. The van der Waals surface area contributed by atoms with Crippen molar-refractivity contribution in [3.05, 3.63) is 35.6 Å². The van der Waals surface area contributed by atoms with Crippen molar-refractivity contribution in [1.29, 1.82) is 0 Å². The quantitative estimate of drug-likeness (QED) is 0.817. The average Bonchev–Trinajstić information content (AvgIpc) is 2.33. The van der Waals surface area contributed by atoms with Gasteiger partial charge in [-0.2, -0.15) is 8.78 Å². The highest BCUT2D eigenvalue weighted by Crippen LogP contribution is 2.34. The zero-order chi connectivity index (χ0) is 16.4. The van der Waals surface area contributed by atoms with Crippen LogP contribution in [-0.4, -0.2) is 26.3 Å². The Kier molecular flexibility index (Phi) is 5.30. The second-order valence-corrected chi connectivity index (χ2v) is 7.41. The summed E-state index contributed by atoms with van der Waals surface area (Å²) in [6.45, 7) is 4.62. The lowest BCUT2D eigenvalue weighted by Gasteiger charge is -2.30. The van der Waals surface area contributed by atoms with Crippen molar-refractivity contribution in [2.24, 2.45) is 0 Å². The summed E-state index contributed by atoms with van der Waals surface area (Å²) in [5, 5.41) is 8.68. The minimum Gasteiger partial charge on any atom is -0.598 e. The predicted octanol–water partition coefficient (Wildman–Crippen LogP) is 2.64. The van der Waals surface area contributed by atoms with E-state index in [2.05, 4.69) is 4.72 Å². The molecule has 0 aliphatic carbocycles. The van der Waals surface area contributed by atoms with Crippen molar-refractivity contribution < 1.29 is 27.6 Å². The highest BCUT2D eigenvalue weighted by Gasteiger charge is 2.51. The van der Waals surface area contributed by atoms with E-state index in [4.69, 9.17) is 5.11 Å². The van der Waals surface area contributed by atoms with Gasteiger partial charge in [-0.25, -0.2) is 9.18 Å². The van der Waals surface area contributed by atoms with Gasteiger partial charge in [0.2, 0.25) is 0 Å². The predicted molar refractivity (Wildman–Crippen MR) is 72.8 cm³/mol. The molecule has 0 heterocycles. The van der Waals surface area contributed by atoms with Crippen LogP contribution < -0.4 is 4.72 Å². The maximum atomic E-state index is 13.9. The Morgan fingerprint density at radius 1 is 1.38 bits per heavy atom. The first-order valence-corrected chi connectivity index (χ1v) is 7.16. The maximum absolute atomic E-state index is 13.9. The summed E-state index contributed by atoms with van der Waals surface area (Å²) in [5.41, 5.74) is -0.292. The van der Waals surface area contributed by atoms with Crippen molar-refractivity contribution in [3.8, 4) is 0 Å². The zero-order valence-electron chi connectivity index (χ0n) is 11.7. The first kappa shape index (κ1) is 17.8. The van der Waals surface area contributed by atoms with Crippen LogP contribution in [0.2, 0.25) is 0 Å². The van der Waals surface area contributed by atoms with E-state index in [1.54, 1.807) is 0 Å². The Bertz CT molecular complexity index is 520. The second kappa shape index (κ2) is 6.25. The summed E-state index contributed by atoms with van der Waals surface area (Å²) in [4.78, 5) is 10.8. The molecule has 118 valence electrons. The number of aliphatic carboxylic acids is 1. The standard InChI is InChI=1S/C13H16F3NO3S/c1-12(2,3)21(20)17-10(13(15,16)11(18)19)8-5-4-6-9(14)7-8/h4-7,10,17H,1-3H3,(H,18,19)/t10-,21?/m0/s1. The average molecular weight is 323 g/mol. The van der Waals surface area contributed by atoms with Crippen molar-refractivity contribution in [2.75, 3.05) is 0 Å². The summed E-state index contributed by atoms with van der Waals surface area (Å²) < 4.78 is 54.1. The number of halogens is 3. The molecule has 2 N–H and O–H groups in total.